The van der Waals surface area contributed by atoms with Crippen LogP contribution in [0.4, 0.5) is 0 Å². The molecular formula is C19H31. The molecule has 19 heavy (non-hydrogen) atoms. The summed E-state index contributed by atoms with van der Waals surface area (Å²) in [6, 6.07) is 10.9. The normalized spacial score (nSPS) is 11.1. The fraction of sp³-hybridized carbons (Fsp3) is 0.632. The van der Waals surface area contributed by atoms with Gasteiger partial charge in [-0.1, -0.05) is 89.1 Å². The van der Waals surface area contributed by atoms with Crippen molar-refractivity contribution >= 4 is 0 Å². The Morgan fingerprint density at radius 1 is 0.684 bits per heavy atom. The molecule has 0 nitrogen and oxygen atoms in total. The molecule has 0 aliphatic carbocycles. The van der Waals surface area contributed by atoms with Gasteiger partial charge in [-0.15, -0.1) is 0 Å². The molecule has 0 heterocycles. The van der Waals surface area contributed by atoms with E-state index in [9.17, 15) is 0 Å². The van der Waals surface area contributed by atoms with Gasteiger partial charge in [0, 0.05) is 0 Å². The van der Waals surface area contributed by atoms with Gasteiger partial charge in [-0.2, -0.15) is 0 Å². The summed E-state index contributed by atoms with van der Waals surface area (Å²) in [6.07, 6.45) is 13.9. The average Bonchev–Trinajstić information content (AvgIpc) is 2.42. The molecule has 107 valence electrons. The lowest BCUT2D eigenvalue weighted by atomic mass is 10.0. The highest BCUT2D eigenvalue weighted by Gasteiger charge is 1.96. The number of rotatable bonds is 11. The molecule has 0 N–H and O–H groups in total. The quantitative estimate of drug-likeness (QED) is 0.406. The van der Waals surface area contributed by atoms with Gasteiger partial charge < -0.3 is 0 Å². The van der Waals surface area contributed by atoms with E-state index < -0.39 is 0 Å². The van der Waals surface area contributed by atoms with E-state index in [1.807, 2.05) is 0 Å². The molecule has 0 aliphatic rings. The van der Waals surface area contributed by atoms with E-state index in [0.29, 0.717) is 0 Å². The van der Waals surface area contributed by atoms with Crippen LogP contribution in [0, 0.1) is 5.92 Å². The zero-order valence-electron chi connectivity index (χ0n) is 13.0. The van der Waals surface area contributed by atoms with E-state index in [-0.39, 0.29) is 0 Å². The van der Waals surface area contributed by atoms with Crippen LogP contribution in [0.2, 0.25) is 0 Å². The number of hydrogen-bond acceptors (Lipinski definition) is 0. The van der Waals surface area contributed by atoms with Gasteiger partial charge in [0.25, 0.3) is 0 Å². The summed E-state index contributed by atoms with van der Waals surface area (Å²) in [5.74, 6) is 1.58. The van der Waals surface area contributed by atoms with Crippen LogP contribution in [0.5, 0.6) is 0 Å². The smallest absolute Gasteiger partial charge is 0.0279 e. The van der Waals surface area contributed by atoms with Crippen molar-refractivity contribution < 1.29 is 0 Å². The Hall–Kier alpha value is -0.780. The van der Waals surface area contributed by atoms with E-state index in [2.05, 4.69) is 44.2 Å². The Balaban J connectivity index is 1.81. The van der Waals surface area contributed by atoms with Gasteiger partial charge in [0.1, 0.15) is 0 Å². The second-order valence-corrected chi connectivity index (χ2v) is 6.02. The third-order valence-electron chi connectivity index (χ3n) is 3.74. The fourth-order valence-electron chi connectivity index (χ4n) is 2.51. The summed E-state index contributed by atoms with van der Waals surface area (Å²) >= 11 is 0. The highest BCUT2D eigenvalue weighted by atomic mass is 14.0. The van der Waals surface area contributed by atoms with Crippen LogP contribution < -0.4 is 0 Å². The third kappa shape index (κ3) is 9.76. The first-order chi connectivity index (χ1) is 9.29. The first-order valence-corrected chi connectivity index (χ1v) is 8.12. The van der Waals surface area contributed by atoms with Gasteiger partial charge >= 0.3 is 0 Å². The number of aryl methyl sites for hydroxylation is 1. The van der Waals surface area contributed by atoms with E-state index in [1.54, 1.807) is 5.92 Å². The third-order valence-corrected chi connectivity index (χ3v) is 3.74. The second-order valence-electron chi connectivity index (χ2n) is 6.02. The Bertz CT molecular complexity index is 286. The number of hydrogen-bond donors (Lipinski definition) is 0. The molecule has 1 rings (SSSR count). The monoisotopic (exact) mass is 259 g/mol. The lowest BCUT2D eigenvalue weighted by molar-refractivity contribution is 0.561. The molecule has 0 fully saturated rings. The molecule has 0 atom stereocenters. The van der Waals surface area contributed by atoms with Crippen LogP contribution in [0.3, 0.4) is 0 Å². The largest absolute Gasteiger partial charge is 0.0622 e. The van der Waals surface area contributed by atoms with Crippen LogP contribution >= 0.6 is 0 Å². The van der Waals surface area contributed by atoms with Crippen LogP contribution in [-0.4, -0.2) is 0 Å². The SMILES string of the molecule is C[C](C)CCCCCCCCCCc1ccccc1. The minimum Gasteiger partial charge on any atom is -0.0622 e. The number of benzene rings is 1. The van der Waals surface area contributed by atoms with Crippen molar-refractivity contribution in [1.82, 2.24) is 0 Å². The summed E-state index contributed by atoms with van der Waals surface area (Å²) in [4.78, 5) is 0. The van der Waals surface area contributed by atoms with Crippen molar-refractivity contribution in [3.63, 3.8) is 0 Å². The van der Waals surface area contributed by atoms with Crippen LogP contribution in [-0.2, 0) is 6.42 Å². The standard InChI is InChI=1S/C19H31/c1-18(2)14-10-7-5-3-4-6-8-11-15-19-16-12-9-13-17-19/h9,12-13,16-17H,3-8,10-11,14-15H2,1-2H3. The Morgan fingerprint density at radius 2 is 1.21 bits per heavy atom. The molecular weight excluding hydrogens is 228 g/mol. The lowest BCUT2D eigenvalue weighted by Crippen LogP contribution is -1.87. The molecule has 0 bridgehead atoms. The van der Waals surface area contributed by atoms with Gasteiger partial charge in [0.05, 0.1) is 0 Å². The predicted octanol–water partition coefficient (Wildman–Crippen LogP) is 6.35. The van der Waals surface area contributed by atoms with E-state index in [4.69, 9.17) is 0 Å². The van der Waals surface area contributed by atoms with Gasteiger partial charge in [-0.05, 0) is 30.7 Å². The first kappa shape index (κ1) is 16.3. The molecule has 0 saturated carbocycles. The summed E-state index contributed by atoms with van der Waals surface area (Å²) in [7, 11) is 0. The van der Waals surface area contributed by atoms with Crippen LogP contribution in [0.1, 0.15) is 77.2 Å². The highest BCUT2D eigenvalue weighted by molar-refractivity contribution is 5.14. The maximum absolute atomic E-state index is 2.24. The van der Waals surface area contributed by atoms with E-state index in [1.165, 1.54) is 69.8 Å². The van der Waals surface area contributed by atoms with E-state index >= 15 is 0 Å². The van der Waals surface area contributed by atoms with E-state index in [0.717, 1.165) is 0 Å². The maximum Gasteiger partial charge on any atom is -0.0279 e. The molecule has 0 saturated heterocycles. The zero-order valence-corrected chi connectivity index (χ0v) is 13.0. The first-order valence-electron chi connectivity index (χ1n) is 8.12. The lowest BCUT2D eigenvalue weighted by Gasteiger charge is -2.04. The van der Waals surface area contributed by atoms with Crippen LogP contribution in [0.25, 0.3) is 0 Å². The van der Waals surface area contributed by atoms with Crippen molar-refractivity contribution in [2.75, 3.05) is 0 Å². The van der Waals surface area contributed by atoms with Gasteiger partial charge in [-0.25, -0.2) is 0 Å². The van der Waals surface area contributed by atoms with Crippen molar-refractivity contribution in [2.24, 2.45) is 0 Å². The molecule has 0 aromatic heterocycles. The van der Waals surface area contributed by atoms with Crippen molar-refractivity contribution in [3.8, 4) is 0 Å². The van der Waals surface area contributed by atoms with Crippen molar-refractivity contribution in [3.05, 3.63) is 41.8 Å². The summed E-state index contributed by atoms with van der Waals surface area (Å²) in [5.41, 5.74) is 1.49. The minimum atomic E-state index is 1.26. The highest BCUT2D eigenvalue weighted by Crippen LogP contribution is 2.14. The zero-order chi connectivity index (χ0) is 13.8. The van der Waals surface area contributed by atoms with Crippen molar-refractivity contribution in [1.29, 1.82) is 0 Å². The Morgan fingerprint density at radius 3 is 1.79 bits per heavy atom. The predicted molar refractivity (Wildman–Crippen MR) is 86.3 cm³/mol. The Labute approximate surface area is 120 Å². The average molecular weight is 259 g/mol. The molecule has 0 unspecified atom stereocenters. The molecule has 0 spiro atoms. The summed E-state index contributed by atoms with van der Waals surface area (Å²) in [5, 5.41) is 0. The summed E-state index contributed by atoms with van der Waals surface area (Å²) in [6.45, 7) is 4.49. The molecule has 1 aromatic carbocycles. The Kier molecular flexibility index (Phi) is 9.49. The summed E-state index contributed by atoms with van der Waals surface area (Å²) < 4.78 is 0. The maximum atomic E-state index is 2.24. The van der Waals surface area contributed by atoms with Gasteiger partial charge in [0.2, 0.25) is 0 Å². The molecule has 1 aromatic rings. The topological polar surface area (TPSA) is 0 Å². The fourth-order valence-corrected chi connectivity index (χ4v) is 2.51. The number of unbranched alkanes of at least 4 members (excludes halogenated alkanes) is 7. The second kappa shape index (κ2) is 11.1. The van der Waals surface area contributed by atoms with Gasteiger partial charge in [0.15, 0.2) is 0 Å². The molecule has 0 heteroatoms. The molecule has 0 amide bonds. The van der Waals surface area contributed by atoms with Gasteiger partial charge in [-0.3, -0.25) is 0 Å². The minimum absolute atomic E-state index is 1.26. The molecule has 1 radical (unpaired) electrons. The molecule has 0 aliphatic heterocycles. The van der Waals surface area contributed by atoms with Crippen molar-refractivity contribution in [2.45, 2.75) is 78.1 Å². The van der Waals surface area contributed by atoms with Crippen LogP contribution in [0.15, 0.2) is 30.3 Å².